The lowest BCUT2D eigenvalue weighted by Gasteiger charge is -2.05. The van der Waals surface area contributed by atoms with Gasteiger partial charge in [-0.25, -0.2) is 0 Å². The topological polar surface area (TPSA) is 29.1 Å². The molecule has 2 heteroatoms. The van der Waals surface area contributed by atoms with Gasteiger partial charge in [0.25, 0.3) is 0 Å². The second kappa shape index (κ2) is 21.5. The van der Waals surface area contributed by atoms with Gasteiger partial charge in [0.2, 0.25) is 5.91 Å². The van der Waals surface area contributed by atoms with Crippen molar-refractivity contribution < 1.29 is 4.79 Å². The average molecular weight is 354 g/mol. The van der Waals surface area contributed by atoms with E-state index < -0.39 is 0 Å². The van der Waals surface area contributed by atoms with E-state index in [2.05, 4.69) is 19.2 Å². The third-order valence-corrected chi connectivity index (χ3v) is 5.11. The van der Waals surface area contributed by atoms with Crippen molar-refractivity contribution in [2.75, 3.05) is 6.54 Å². The summed E-state index contributed by atoms with van der Waals surface area (Å²) in [7, 11) is 0. The van der Waals surface area contributed by atoms with E-state index in [1.54, 1.807) is 0 Å². The summed E-state index contributed by atoms with van der Waals surface area (Å²) in [4.78, 5) is 11.7. The summed E-state index contributed by atoms with van der Waals surface area (Å²) in [5.41, 5.74) is 0. The van der Waals surface area contributed by atoms with E-state index in [4.69, 9.17) is 0 Å². The molecule has 0 spiro atoms. The number of carbonyl (C=O) groups excluding carboxylic acids is 1. The lowest BCUT2D eigenvalue weighted by Crippen LogP contribution is -2.23. The molecule has 0 aromatic carbocycles. The molecule has 0 aromatic heterocycles. The van der Waals surface area contributed by atoms with E-state index in [0.717, 1.165) is 25.8 Å². The molecule has 1 N–H and O–H groups in total. The predicted molar refractivity (Wildman–Crippen MR) is 112 cm³/mol. The van der Waals surface area contributed by atoms with Crippen LogP contribution in [0.4, 0.5) is 0 Å². The zero-order chi connectivity index (χ0) is 18.4. The Bertz CT molecular complexity index is 265. The lowest BCUT2D eigenvalue weighted by molar-refractivity contribution is -0.121. The first-order valence-corrected chi connectivity index (χ1v) is 11.6. The monoisotopic (exact) mass is 353 g/mol. The first-order valence-electron chi connectivity index (χ1n) is 11.6. The van der Waals surface area contributed by atoms with Gasteiger partial charge in [0, 0.05) is 13.0 Å². The molecule has 0 atom stereocenters. The van der Waals surface area contributed by atoms with Gasteiger partial charge >= 0.3 is 0 Å². The average Bonchev–Trinajstić information content (AvgIpc) is 2.62. The molecule has 2 nitrogen and oxygen atoms in total. The Morgan fingerprint density at radius 2 is 0.880 bits per heavy atom. The molecule has 1 amide bonds. The van der Waals surface area contributed by atoms with Crippen LogP contribution < -0.4 is 5.32 Å². The Morgan fingerprint density at radius 3 is 1.32 bits per heavy atom. The Labute approximate surface area is 158 Å². The van der Waals surface area contributed by atoms with Crippen LogP contribution in [0.15, 0.2) is 0 Å². The Kier molecular flexibility index (Phi) is 21.1. The number of amides is 1. The number of carbonyl (C=O) groups is 1. The Morgan fingerprint density at radius 1 is 0.520 bits per heavy atom. The van der Waals surface area contributed by atoms with Crippen molar-refractivity contribution >= 4 is 5.91 Å². The van der Waals surface area contributed by atoms with Crippen LogP contribution in [-0.4, -0.2) is 12.5 Å². The van der Waals surface area contributed by atoms with Crippen LogP contribution in [0.3, 0.4) is 0 Å². The van der Waals surface area contributed by atoms with Gasteiger partial charge in [-0.2, -0.15) is 0 Å². The van der Waals surface area contributed by atoms with Crippen LogP contribution >= 0.6 is 0 Å². The van der Waals surface area contributed by atoms with E-state index in [-0.39, 0.29) is 5.91 Å². The molecule has 0 rings (SSSR count). The molecular formula is C23H47NO. The van der Waals surface area contributed by atoms with Crippen molar-refractivity contribution in [2.24, 2.45) is 0 Å². The SMILES string of the molecule is CCCCCCCCCCCCCCCC(=O)NCCCCCCC. The molecule has 0 heterocycles. The van der Waals surface area contributed by atoms with Gasteiger partial charge in [-0.15, -0.1) is 0 Å². The van der Waals surface area contributed by atoms with Gasteiger partial charge in [-0.1, -0.05) is 117 Å². The third kappa shape index (κ3) is 21.4. The third-order valence-electron chi connectivity index (χ3n) is 5.11. The highest BCUT2D eigenvalue weighted by Crippen LogP contribution is 2.12. The number of hydrogen-bond donors (Lipinski definition) is 1. The standard InChI is InChI=1S/C23H47NO/c1-3-5-7-9-10-11-12-13-14-15-16-17-19-21-23(25)24-22-20-18-8-6-4-2/h3-22H2,1-2H3,(H,24,25). The van der Waals surface area contributed by atoms with Crippen LogP contribution in [0, 0.1) is 0 Å². The molecule has 0 saturated heterocycles. The van der Waals surface area contributed by atoms with Crippen molar-refractivity contribution in [3.05, 3.63) is 0 Å². The van der Waals surface area contributed by atoms with Gasteiger partial charge in [-0.3, -0.25) is 4.79 Å². The Balaban J connectivity index is 3.11. The molecule has 0 aliphatic carbocycles. The molecule has 0 saturated carbocycles. The van der Waals surface area contributed by atoms with E-state index in [0.29, 0.717) is 0 Å². The van der Waals surface area contributed by atoms with Crippen molar-refractivity contribution in [3.63, 3.8) is 0 Å². The zero-order valence-corrected chi connectivity index (χ0v) is 17.6. The first-order chi connectivity index (χ1) is 12.3. The maximum Gasteiger partial charge on any atom is 0.219 e. The smallest absolute Gasteiger partial charge is 0.219 e. The molecular weight excluding hydrogens is 306 g/mol. The van der Waals surface area contributed by atoms with E-state index in [1.165, 1.54) is 103 Å². The largest absolute Gasteiger partial charge is 0.356 e. The fourth-order valence-corrected chi connectivity index (χ4v) is 3.35. The highest BCUT2D eigenvalue weighted by molar-refractivity contribution is 5.75. The van der Waals surface area contributed by atoms with Crippen LogP contribution in [0.1, 0.15) is 136 Å². The van der Waals surface area contributed by atoms with Gasteiger partial charge in [0.05, 0.1) is 0 Å². The minimum absolute atomic E-state index is 0.263. The second-order valence-electron chi connectivity index (χ2n) is 7.76. The van der Waals surface area contributed by atoms with Crippen LogP contribution in [0.25, 0.3) is 0 Å². The van der Waals surface area contributed by atoms with Crippen molar-refractivity contribution in [1.82, 2.24) is 5.32 Å². The van der Waals surface area contributed by atoms with Crippen molar-refractivity contribution in [2.45, 2.75) is 136 Å². The highest BCUT2D eigenvalue weighted by atomic mass is 16.1. The number of hydrogen-bond acceptors (Lipinski definition) is 1. The van der Waals surface area contributed by atoms with E-state index in [1.807, 2.05) is 0 Å². The zero-order valence-electron chi connectivity index (χ0n) is 17.6. The fraction of sp³-hybridized carbons (Fsp3) is 0.957. The molecule has 0 unspecified atom stereocenters. The molecule has 0 aliphatic rings. The van der Waals surface area contributed by atoms with Crippen molar-refractivity contribution in [3.8, 4) is 0 Å². The molecule has 25 heavy (non-hydrogen) atoms. The molecule has 0 aromatic rings. The molecule has 0 radical (unpaired) electrons. The van der Waals surface area contributed by atoms with Crippen LogP contribution in [0.5, 0.6) is 0 Å². The normalized spacial score (nSPS) is 11.0. The van der Waals surface area contributed by atoms with Crippen molar-refractivity contribution in [1.29, 1.82) is 0 Å². The van der Waals surface area contributed by atoms with Gasteiger partial charge in [0.1, 0.15) is 0 Å². The van der Waals surface area contributed by atoms with Crippen LogP contribution in [0.2, 0.25) is 0 Å². The lowest BCUT2D eigenvalue weighted by atomic mass is 10.0. The maximum atomic E-state index is 11.7. The van der Waals surface area contributed by atoms with Gasteiger partial charge in [-0.05, 0) is 12.8 Å². The highest BCUT2D eigenvalue weighted by Gasteiger charge is 2.00. The fourth-order valence-electron chi connectivity index (χ4n) is 3.35. The summed E-state index contributed by atoms with van der Waals surface area (Å²) in [6, 6.07) is 0. The summed E-state index contributed by atoms with van der Waals surface area (Å²) in [5.74, 6) is 0.263. The van der Waals surface area contributed by atoms with Crippen LogP contribution in [-0.2, 0) is 4.79 Å². The summed E-state index contributed by atoms with van der Waals surface area (Å²) in [6.07, 6.45) is 24.7. The molecule has 0 bridgehead atoms. The minimum Gasteiger partial charge on any atom is -0.356 e. The Hall–Kier alpha value is -0.530. The van der Waals surface area contributed by atoms with Gasteiger partial charge < -0.3 is 5.32 Å². The summed E-state index contributed by atoms with van der Waals surface area (Å²) in [5, 5.41) is 3.06. The summed E-state index contributed by atoms with van der Waals surface area (Å²) in [6.45, 7) is 5.39. The molecule has 0 aliphatic heterocycles. The molecule has 150 valence electrons. The summed E-state index contributed by atoms with van der Waals surface area (Å²) >= 11 is 0. The minimum atomic E-state index is 0.263. The molecule has 0 fully saturated rings. The quantitative estimate of drug-likeness (QED) is 0.225. The van der Waals surface area contributed by atoms with E-state index in [9.17, 15) is 4.79 Å². The van der Waals surface area contributed by atoms with E-state index >= 15 is 0 Å². The number of nitrogens with one attached hydrogen (secondary N) is 1. The number of unbranched alkanes of at least 4 members (excludes halogenated alkanes) is 16. The second-order valence-corrected chi connectivity index (χ2v) is 7.76. The summed E-state index contributed by atoms with van der Waals surface area (Å²) < 4.78 is 0. The predicted octanol–water partition coefficient (Wildman–Crippen LogP) is 7.55. The number of rotatable bonds is 20. The van der Waals surface area contributed by atoms with Gasteiger partial charge in [0.15, 0.2) is 0 Å². The first kappa shape index (κ1) is 24.5. The maximum absolute atomic E-state index is 11.7.